The first kappa shape index (κ1) is 26.1. The zero-order chi connectivity index (χ0) is 30.9. The lowest BCUT2D eigenvalue weighted by Gasteiger charge is -2.28. The number of fused-ring (bicyclic) bond motifs is 6. The van der Waals surface area contributed by atoms with Gasteiger partial charge < -0.3 is 4.90 Å². The summed E-state index contributed by atoms with van der Waals surface area (Å²) in [5.74, 6) is 0. The van der Waals surface area contributed by atoms with Crippen molar-refractivity contribution in [1.29, 1.82) is 0 Å². The highest BCUT2D eigenvalue weighted by Crippen LogP contribution is 2.45. The molecule has 0 N–H and O–H groups in total. The van der Waals surface area contributed by atoms with Crippen molar-refractivity contribution in [2.45, 2.75) is 0 Å². The summed E-state index contributed by atoms with van der Waals surface area (Å²) in [5.41, 5.74) is 5.87. The van der Waals surface area contributed by atoms with E-state index in [1.165, 1.54) is 81.4 Å². The molecule has 0 spiro atoms. The van der Waals surface area contributed by atoms with Crippen LogP contribution in [0.1, 0.15) is 0 Å². The van der Waals surface area contributed by atoms with Crippen LogP contribution < -0.4 is 4.90 Å². The molecule has 47 heavy (non-hydrogen) atoms. The molecule has 1 nitrogen and oxygen atoms in total. The Kier molecular flexibility index (Phi) is 5.64. The molecule has 0 fully saturated rings. The minimum atomic E-state index is 1.13. The molecule has 0 aromatic heterocycles. The summed E-state index contributed by atoms with van der Waals surface area (Å²) in [7, 11) is 0. The van der Waals surface area contributed by atoms with Crippen LogP contribution in [0.25, 0.3) is 75.8 Å². The van der Waals surface area contributed by atoms with Crippen LogP contribution in [0.4, 0.5) is 17.1 Å². The van der Waals surface area contributed by atoms with Crippen molar-refractivity contribution in [1.82, 2.24) is 0 Å². The van der Waals surface area contributed by atoms with E-state index < -0.39 is 0 Å². The summed E-state index contributed by atoms with van der Waals surface area (Å²) in [6, 6.07) is 64.6. The van der Waals surface area contributed by atoms with E-state index in [-0.39, 0.29) is 0 Å². The average Bonchev–Trinajstić information content (AvgIpc) is 3.15. The number of nitrogens with zero attached hydrogens (tertiary/aromatic N) is 1. The summed E-state index contributed by atoms with van der Waals surface area (Å²) >= 11 is 0. The minimum absolute atomic E-state index is 1.13. The van der Waals surface area contributed by atoms with E-state index in [1.54, 1.807) is 0 Å². The Balaban J connectivity index is 1.27. The second-order valence-electron chi connectivity index (χ2n) is 12.5. The summed E-state index contributed by atoms with van der Waals surface area (Å²) < 4.78 is 0. The number of rotatable bonds is 4. The number of hydrogen-bond acceptors (Lipinski definition) is 1. The van der Waals surface area contributed by atoms with E-state index in [9.17, 15) is 0 Å². The van der Waals surface area contributed by atoms with Gasteiger partial charge in [0.15, 0.2) is 0 Å². The Morgan fingerprint density at radius 3 is 1.45 bits per heavy atom. The Bertz CT molecular complexity index is 2730. The van der Waals surface area contributed by atoms with Gasteiger partial charge in [0, 0.05) is 16.8 Å². The lowest BCUT2D eigenvalue weighted by Crippen LogP contribution is -2.10. The van der Waals surface area contributed by atoms with Crippen molar-refractivity contribution in [2.24, 2.45) is 0 Å². The van der Waals surface area contributed by atoms with Crippen LogP contribution >= 0.6 is 0 Å². The molecule has 0 unspecified atom stereocenters. The van der Waals surface area contributed by atoms with Crippen molar-refractivity contribution in [3.05, 3.63) is 176 Å². The zero-order valence-electron chi connectivity index (χ0n) is 25.7. The van der Waals surface area contributed by atoms with E-state index in [0.29, 0.717) is 0 Å². The molecule has 10 rings (SSSR count). The van der Waals surface area contributed by atoms with Crippen molar-refractivity contribution < 1.29 is 0 Å². The normalized spacial score (nSPS) is 11.8. The molecule has 0 saturated heterocycles. The molecule has 0 aliphatic rings. The fraction of sp³-hybridized carbons (Fsp3) is 0. The molecule has 0 atom stereocenters. The van der Waals surface area contributed by atoms with Crippen LogP contribution in [0.5, 0.6) is 0 Å². The predicted octanol–water partition coefficient (Wildman–Crippen LogP) is 13.2. The summed E-state index contributed by atoms with van der Waals surface area (Å²) in [6.45, 7) is 0. The average molecular weight is 596 g/mol. The van der Waals surface area contributed by atoms with E-state index >= 15 is 0 Å². The van der Waals surface area contributed by atoms with Gasteiger partial charge in [0.1, 0.15) is 0 Å². The second kappa shape index (κ2) is 10.2. The maximum Gasteiger partial charge on any atom is 0.0540 e. The third-order valence-corrected chi connectivity index (χ3v) is 9.97. The Labute approximate surface area is 272 Å². The molecule has 10 aromatic carbocycles. The largest absolute Gasteiger partial charge is 0.310 e. The first-order valence-corrected chi connectivity index (χ1v) is 16.3. The van der Waals surface area contributed by atoms with E-state index in [0.717, 1.165) is 11.4 Å². The van der Waals surface area contributed by atoms with Crippen molar-refractivity contribution >= 4 is 81.7 Å². The van der Waals surface area contributed by atoms with Gasteiger partial charge >= 0.3 is 0 Å². The molecular weight excluding hydrogens is 567 g/mol. The summed E-state index contributed by atoms with van der Waals surface area (Å²) in [6.07, 6.45) is 0. The first-order valence-electron chi connectivity index (χ1n) is 16.3. The lowest BCUT2D eigenvalue weighted by molar-refractivity contribution is 1.31. The van der Waals surface area contributed by atoms with Crippen LogP contribution in [0.3, 0.4) is 0 Å². The Hall–Kier alpha value is -6.18. The van der Waals surface area contributed by atoms with Gasteiger partial charge in [-0.25, -0.2) is 0 Å². The summed E-state index contributed by atoms with van der Waals surface area (Å²) in [4.78, 5) is 2.45. The maximum atomic E-state index is 2.45. The van der Waals surface area contributed by atoms with Crippen molar-refractivity contribution in [3.8, 4) is 11.1 Å². The van der Waals surface area contributed by atoms with Crippen LogP contribution in [-0.4, -0.2) is 0 Å². The molecular formula is C46H29N. The highest BCUT2D eigenvalue weighted by molar-refractivity contribution is 6.27. The number of benzene rings is 10. The Morgan fingerprint density at radius 1 is 0.277 bits per heavy atom. The monoisotopic (exact) mass is 595 g/mol. The molecule has 0 aliphatic carbocycles. The van der Waals surface area contributed by atoms with E-state index in [1.807, 2.05) is 0 Å². The van der Waals surface area contributed by atoms with Crippen LogP contribution in [-0.2, 0) is 0 Å². The highest BCUT2D eigenvalue weighted by Gasteiger charge is 2.20. The highest BCUT2D eigenvalue weighted by atomic mass is 15.1. The third-order valence-electron chi connectivity index (χ3n) is 9.97. The molecule has 0 aliphatic heterocycles. The first-order chi connectivity index (χ1) is 23.3. The molecule has 0 heterocycles. The van der Waals surface area contributed by atoms with Crippen molar-refractivity contribution in [2.75, 3.05) is 4.90 Å². The molecule has 0 radical (unpaired) electrons. The van der Waals surface area contributed by atoms with E-state index in [2.05, 4.69) is 181 Å². The molecule has 1 heteroatoms. The minimum Gasteiger partial charge on any atom is -0.310 e. The topological polar surface area (TPSA) is 3.24 Å². The Morgan fingerprint density at radius 2 is 0.766 bits per heavy atom. The predicted molar refractivity (Wildman–Crippen MR) is 203 cm³/mol. The van der Waals surface area contributed by atoms with Gasteiger partial charge in [-0.1, -0.05) is 146 Å². The number of anilines is 3. The fourth-order valence-electron chi connectivity index (χ4n) is 7.81. The zero-order valence-corrected chi connectivity index (χ0v) is 25.7. The van der Waals surface area contributed by atoms with Crippen LogP contribution in [0.2, 0.25) is 0 Å². The van der Waals surface area contributed by atoms with Crippen LogP contribution in [0, 0.1) is 0 Å². The van der Waals surface area contributed by atoms with Crippen LogP contribution in [0.15, 0.2) is 176 Å². The van der Waals surface area contributed by atoms with Gasteiger partial charge in [-0.05, 0) is 101 Å². The van der Waals surface area contributed by atoms with E-state index in [4.69, 9.17) is 0 Å². The second-order valence-corrected chi connectivity index (χ2v) is 12.5. The molecule has 0 bridgehead atoms. The van der Waals surface area contributed by atoms with Gasteiger partial charge in [0.05, 0.1) is 5.69 Å². The quantitative estimate of drug-likeness (QED) is 0.183. The molecule has 0 amide bonds. The van der Waals surface area contributed by atoms with Gasteiger partial charge in [-0.3, -0.25) is 0 Å². The third kappa shape index (κ3) is 3.97. The molecule has 218 valence electrons. The SMILES string of the molecule is c1ccc(-c2ccc(N(c3ccc4c5ccccc5c5ccccc5c4c3)c3ccc4ccc5cccc6ccc3c4c56)cc2)cc1. The van der Waals surface area contributed by atoms with Gasteiger partial charge in [-0.15, -0.1) is 0 Å². The van der Waals surface area contributed by atoms with Gasteiger partial charge in [0.25, 0.3) is 0 Å². The molecule has 10 aromatic rings. The summed E-state index contributed by atoms with van der Waals surface area (Å²) in [5, 5.41) is 15.4. The van der Waals surface area contributed by atoms with Gasteiger partial charge in [-0.2, -0.15) is 0 Å². The van der Waals surface area contributed by atoms with Gasteiger partial charge in [0.2, 0.25) is 0 Å². The smallest absolute Gasteiger partial charge is 0.0540 e. The van der Waals surface area contributed by atoms with Crippen molar-refractivity contribution in [3.63, 3.8) is 0 Å². The number of hydrogen-bond donors (Lipinski definition) is 0. The molecule has 0 saturated carbocycles. The standard InChI is InChI=1S/C46H29N/c1-2-9-30(10-3-1)31-19-23-35(24-20-31)47(44-28-22-34-18-17-32-11-8-12-33-21-26-42(44)46(34)45(32)33)36-25-27-41-39-15-5-4-13-37(39)38-14-6-7-16-40(38)43(41)29-36/h1-29H. The lowest BCUT2D eigenvalue weighted by atomic mass is 9.92. The fourth-order valence-corrected chi connectivity index (χ4v) is 7.81. The maximum absolute atomic E-state index is 2.45.